The maximum atomic E-state index is 13.2. The van der Waals surface area contributed by atoms with E-state index in [1.54, 1.807) is 0 Å². The van der Waals surface area contributed by atoms with E-state index in [-0.39, 0.29) is 5.78 Å². The number of Topliss-reactive ketones (excluding diaryl/α,β-unsaturated/α-hetero) is 1. The fourth-order valence-corrected chi connectivity index (χ4v) is 4.51. The Bertz CT molecular complexity index is 877. The van der Waals surface area contributed by atoms with Crippen molar-refractivity contribution in [1.82, 2.24) is 0 Å². The third-order valence-electron chi connectivity index (χ3n) is 5.88. The van der Waals surface area contributed by atoms with E-state index in [1.165, 1.54) is 22.3 Å². The zero-order valence-corrected chi connectivity index (χ0v) is 13.7. The summed E-state index contributed by atoms with van der Waals surface area (Å²) in [5.41, 5.74) is 5.31. The van der Waals surface area contributed by atoms with Gasteiger partial charge in [0.2, 0.25) is 5.78 Å². The van der Waals surface area contributed by atoms with Gasteiger partial charge in [-0.3, -0.25) is 4.79 Å². The van der Waals surface area contributed by atoms with Gasteiger partial charge in [-0.2, -0.15) is 0 Å². The van der Waals surface area contributed by atoms with Gasteiger partial charge in [0.05, 0.1) is 0 Å². The Morgan fingerprint density at radius 1 is 0.750 bits per heavy atom. The van der Waals surface area contributed by atoms with E-state index in [1.807, 2.05) is 18.2 Å². The van der Waals surface area contributed by atoms with Gasteiger partial charge in [-0.05, 0) is 55.2 Å². The summed E-state index contributed by atoms with van der Waals surface area (Å²) < 4.78 is 6.54. The Balaban J connectivity index is 1.57. The van der Waals surface area contributed by atoms with E-state index in [0.717, 1.165) is 49.8 Å². The molecule has 120 valence electrons. The Labute approximate surface area is 142 Å². The summed E-state index contributed by atoms with van der Waals surface area (Å²) in [6.45, 7) is 0. The van der Waals surface area contributed by atoms with E-state index >= 15 is 0 Å². The summed E-state index contributed by atoms with van der Waals surface area (Å²) in [6, 6.07) is 16.5. The van der Waals surface area contributed by atoms with E-state index < -0.39 is 5.60 Å². The van der Waals surface area contributed by atoms with Crippen LogP contribution in [0.4, 0.5) is 0 Å². The zero-order valence-electron chi connectivity index (χ0n) is 13.7. The highest BCUT2D eigenvalue weighted by Gasteiger charge is 2.47. The van der Waals surface area contributed by atoms with Gasteiger partial charge in [0, 0.05) is 11.1 Å². The lowest BCUT2D eigenvalue weighted by molar-refractivity contribution is 0.0126. The van der Waals surface area contributed by atoms with Crippen LogP contribution in [0.1, 0.15) is 52.7 Å². The van der Waals surface area contributed by atoms with Gasteiger partial charge in [0.1, 0.15) is 5.76 Å². The van der Waals surface area contributed by atoms with Crippen molar-refractivity contribution < 1.29 is 9.53 Å². The van der Waals surface area contributed by atoms with Crippen LogP contribution in [0, 0.1) is 0 Å². The first-order chi connectivity index (χ1) is 11.8. The van der Waals surface area contributed by atoms with Gasteiger partial charge in [-0.15, -0.1) is 0 Å². The largest absolute Gasteiger partial charge is 0.479 e. The molecule has 0 saturated carbocycles. The minimum atomic E-state index is -0.655. The summed E-state index contributed by atoms with van der Waals surface area (Å²) in [6.07, 6.45) is 5.67. The molecule has 0 aromatic heterocycles. The fraction of sp³-hybridized carbons (Fsp3) is 0.318. The Hall–Kier alpha value is -2.35. The number of hydrogen-bond acceptors (Lipinski definition) is 2. The first kappa shape index (κ1) is 14.0. The molecule has 0 saturated heterocycles. The lowest BCUT2D eigenvalue weighted by Gasteiger charge is -2.43. The smallest absolute Gasteiger partial charge is 0.206 e. The number of carbonyl (C=O) groups excluding carboxylic acids is 1. The van der Waals surface area contributed by atoms with Crippen molar-refractivity contribution in [2.75, 3.05) is 0 Å². The maximum absolute atomic E-state index is 13.2. The molecule has 2 aliphatic carbocycles. The van der Waals surface area contributed by atoms with Gasteiger partial charge in [0.25, 0.3) is 0 Å². The Kier molecular flexibility index (Phi) is 2.97. The lowest BCUT2D eigenvalue weighted by atomic mass is 9.73. The van der Waals surface area contributed by atoms with Crippen molar-refractivity contribution in [3.63, 3.8) is 0 Å². The summed E-state index contributed by atoms with van der Waals surface area (Å²) >= 11 is 0. The van der Waals surface area contributed by atoms with Crippen LogP contribution in [0.25, 0.3) is 5.76 Å². The zero-order chi connectivity index (χ0) is 16.1. The third kappa shape index (κ3) is 1.92. The van der Waals surface area contributed by atoms with E-state index in [2.05, 4.69) is 30.3 Å². The molecule has 0 fully saturated rings. The molecule has 0 unspecified atom stereocenters. The number of allylic oxidation sites excluding steroid dienone is 1. The highest BCUT2D eigenvalue weighted by molar-refractivity contribution is 6.05. The van der Waals surface area contributed by atoms with Crippen LogP contribution in [0.5, 0.6) is 0 Å². The number of carbonyl (C=O) groups is 1. The van der Waals surface area contributed by atoms with Crippen LogP contribution in [-0.2, 0) is 17.6 Å². The van der Waals surface area contributed by atoms with E-state index in [0.29, 0.717) is 0 Å². The molecule has 0 bridgehead atoms. The molecule has 2 aromatic rings. The molecule has 2 aromatic carbocycles. The standard InChI is InChI=1S/C22H20O2/c23-21-19-8-4-2-6-16(19)11-13-22(21)14-12-17-10-9-15-5-1-3-7-18(15)20(17)24-22/h1-8H,9-14H2/t22-/m0/s1. The molecule has 1 aliphatic heterocycles. The Morgan fingerprint density at radius 2 is 1.42 bits per heavy atom. The third-order valence-corrected chi connectivity index (χ3v) is 5.88. The normalized spacial score (nSPS) is 24.9. The molecule has 1 atom stereocenters. The van der Waals surface area contributed by atoms with Gasteiger partial charge < -0.3 is 4.74 Å². The number of ketones is 1. The van der Waals surface area contributed by atoms with Crippen LogP contribution < -0.4 is 0 Å². The van der Waals surface area contributed by atoms with Crippen LogP contribution in [-0.4, -0.2) is 11.4 Å². The molecule has 0 amide bonds. The average Bonchev–Trinajstić information content (AvgIpc) is 2.65. The topological polar surface area (TPSA) is 26.3 Å². The minimum absolute atomic E-state index is 0.180. The molecule has 3 aliphatic rings. The maximum Gasteiger partial charge on any atom is 0.206 e. The first-order valence-corrected chi connectivity index (χ1v) is 8.89. The van der Waals surface area contributed by atoms with Crippen molar-refractivity contribution in [3.8, 4) is 0 Å². The number of fused-ring (bicyclic) bond motifs is 3. The van der Waals surface area contributed by atoms with Gasteiger partial charge in [-0.25, -0.2) is 0 Å². The van der Waals surface area contributed by atoms with Crippen molar-refractivity contribution in [2.24, 2.45) is 0 Å². The monoisotopic (exact) mass is 316 g/mol. The van der Waals surface area contributed by atoms with Crippen molar-refractivity contribution in [3.05, 3.63) is 76.4 Å². The molecule has 1 spiro atoms. The van der Waals surface area contributed by atoms with Crippen LogP contribution in [0.15, 0.2) is 54.1 Å². The molecule has 5 rings (SSSR count). The number of benzene rings is 2. The summed E-state index contributed by atoms with van der Waals surface area (Å²) in [4.78, 5) is 13.2. The predicted molar refractivity (Wildman–Crippen MR) is 93.8 cm³/mol. The number of ether oxygens (including phenoxy) is 1. The predicted octanol–water partition coefficient (Wildman–Crippen LogP) is 4.72. The molecule has 24 heavy (non-hydrogen) atoms. The van der Waals surface area contributed by atoms with Crippen molar-refractivity contribution >= 4 is 11.5 Å². The second-order valence-corrected chi connectivity index (χ2v) is 7.17. The average molecular weight is 316 g/mol. The number of aryl methyl sites for hydroxylation is 2. The van der Waals surface area contributed by atoms with Crippen LogP contribution in [0.2, 0.25) is 0 Å². The van der Waals surface area contributed by atoms with Crippen LogP contribution >= 0.6 is 0 Å². The molecule has 0 N–H and O–H groups in total. The fourth-order valence-electron chi connectivity index (χ4n) is 4.51. The van der Waals surface area contributed by atoms with Crippen LogP contribution in [0.3, 0.4) is 0 Å². The van der Waals surface area contributed by atoms with Gasteiger partial charge in [0.15, 0.2) is 5.60 Å². The highest BCUT2D eigenvalue weighted by atomic mass is 16.5. The number of hydrogen-bond donors (Lipinski definition) is 0. The molecule has 1 heterocycles. The SMILES string of the molecule is O=C1c2ccccc2CC[C@]12CCC1=C(O2)c2ccccc2CC1. The molecular formula is C22H20O2. The molecule has 0 radical (unpaired) electrons. The molecular weight excluding hydrogens is 296 g/mol. The van der Waals surface area contributed by atoms with Gasteiger partial charge >= 0.3 is 0 Å². The summed E-state index contributed by atoms with van der Waals surface area (Å²) in [7, 11) is 0. The molecule has 2 heteroatoms. The second-order valence-electron chi connectivity index (χ2n) is 7.17. The summed E-state index contributed by atoms with van der Waals surface area (Å²) in [5.74, 6) is 1.18. The minimum Gasteiger partial charge on any atom is -0.479 e. The molecule has 2 nitrogen and oxygen atoms in total. The van der Waals surface area contributed by atoms with E-state index in [4.69, 9.17) is 4.74 Å². The van der Waals surface area contributed by atoms with E-state index in [9.17, 15) is 4.79 Å². The number of rotatable bonds is 0. The highest BCUT2D eigenvalue weighted by Crippen LogP contribution is 2.47. The summed E-state index contributed by atoms with van der Waals surface area (Å²) in [5, 5.41) is 0. The Morgan fingerprint density at radius 3 is 2.25 bits per heavy atom. The first-order valence-electron chi connectivity index (χ1n) is 8.89. The lowest BCUT2D eigenvalue weighted by Crippen LogP contribution is -2.47. The van der Waals surface area contributed by atoms with Gasteiger partial charge in [-0.1, -0.05) is 48.5 Å². The second kappa shape index (κ2) is 5.07. The van der Waals surface area contributed by atoms with Crippen molar-refractivity contribution in [1.29, 1.82) is 0 Å². The van der Waals surface area contributed by atoms with Crippen molar-refractivity contribution in [2.45, 2.75) is 44.1 Å². The quantitative estimate of drug-likeness (QED) is 0.703.